The highest BCUT2D eigenvalue weighted by Crippen LogP contribution is 2.12. The van der Waals surface area contributed by atoms with Crippen LogP contribution in [0.25, 0.3) is 0 Å². The van der Waals surface area contributed by atoms with Crippen LogP contribution in [0.5, 0.6) is 5.75 Å². The minimum Gasteiger partial charge on any atom is -0.410 e. The Balaban J connectivity index is 1.95. The van der Waals surface area contributed by atoms with Crippen LogP contribution in [0.15, 0.2) is 30.3 Å². The molecule has 1 aromatic rings. The lowest BCUT2D eigenvalue weighted by Crippen LogP contribution is -2.51. The molecule has 6 heteroatoms. The van der Waals surface area contributed by atoms with E-state index in [1.165, 1.54) is 4.90 Å². The van der Waals surface area contributed by atoms with Gasteiger partial charge in [0.15, 0.2) is 0 Å². The van der Waals surface area contributed by atoms with Crippen LogP contribution in [0.3, 0.4) is 0 Å². The Morgan fingerprint density at radius 3 is 2.83 bits per heavy atom. The number of nitrogens with one attached hydrogen (secondary N) is 1. The van der Waals surface area contributed by atoms with Gasteiger partial charge in [-0.3, -0.25) is 5.41 Å². The number of amidine groups is 1. The Bertz CT molecular complexity index is 435. The van der Waals surface area contributed by atoms with Gasteiger partial charge in [0, 0.05) is 6.54 Å². The number of carbonyl (C=O) groups excluding carboxylic acids is 1. The van der Waals surface area contributed by atoms with Crippen molar-refractivity contribution in [1.29, 1.82) is 5.41 Å². The summed E-state index contributed by atoms with van der Waals surface area (Å²) in [5.74, 6) is 0.417. The second kappa shape index (κ2) is 5.50. The van der Waals surface area contributed by atoms with Crippen molar-refractivity contribution >= 4 is 11.9 Å². The van der Waals surface area contributed by atoms with E-state index in [2.05, 4.69) is 0 Å². The van der Waals surface area contributed by atoms with Crippen molar-refractivity contribution in [3.63, 3.8) is 0 Å². The number of morpholine rings is 1. The average molecular weight is 249 g/mol. The number of ether oxygens (including phenoxy) is 2. The Hall–Kier alpha value is -2.08. The highest BCUT2D eigenvalue weighted by Gasteiger charge is 2.27. The maximum absolute atomic E-state index is 11.9. The fraction of sp³-hybridized carbons (Fsp3) is 0.333. The lowest BCUT2D eigenvalue weighted by Gasteiger charge is -2.31. The maximum atomic E-state index is 11.9. The van der Waals surface area contributed by atoms with E-state index in [4.69, 9.17) is 20.6 Å². The van der Waals surface area contributed by atoms with Crippen molar-refractivity contribution in [2.24, 2.45) is 5.73 Å². The molecule has 0 saturated carbocycles. The van der Waals surface area contributed by atoms with Gasteiger partial charge in [-0.15, -0.1) is 0 Å². The number of rotatable bonds is 2. The summed E-state index contributed by atoms with van der Waals surface area (Å²) < 4.78 is 10.5. The molecule has 0 aromatic heterocycles. The van der Waals surface area contributed by atoms with Crippen molar-refractivity contribution in [3.05, 3.63) is 30.3 Å². The summed E-state index contributed by atoms with van der Waals surface area (Å²) in [6.45, 7) is 1.05. The van der Waals surface area contributed by atoms with Crippen LogP contribution in [0.2, 0.25) is 0 Å². The average Bonchev–Trinajstić information content (AvgIpc) is 2.40. The number of hydrogen-bond donors (Lipinski definition) is 2. The van der Waals surface area contributed by atoms with E-state index >= 15 is 0 Å². The molecule has 0 bridgehead atoms. The fourth-order valence-electron chi connectivity index (χ4n) is 1.66. The zero-order valence-electron chi connectivity index (χ0n) is 9.83. The molecule has 3 N–H and O–H groups in total. The fourth-order valence-corrected chi connectivity index (χ4v) is 1.66. The molecule has 1 aliphatic heterocycles. The number of para-hydroxylation sites is 1. The van der Waals surface area contributed by atoms with E-state index in [1.807, 2.05) is 6.07 Å². The van der Waals surface area contributed by atoms with Crippen molar-refractivity contribution in [1.82, 2.24) is 4.90 Å². The zero-order chi connectivity index (χ0) is 13.0. The van der Waals surface area contributed by atoms with Gasteiger partial charge in [0.2, 0.25) is 0 Å². The normalized spacial score (nSPS) is 19.3. The first-order chi connectivity index (χ1) is 8.66. The van der Waals surface area contributed by atoms with Gasteiger partial charge in [0.05, 0.1) is 13.2 Å². The molecule has 1 aliphatic rings. The predicted molar refractivity (Wildman–Crippen MR) is 65.7 cm³/mol. The molecule has 1 aromatic carbocycles. The number of hydrogen-bond acceptors (Lipinski definition) is 4. The van der Waals surface area contributed by atoms with Crippen LogP contribution in [0.4, 0.5) is 4.79 Å². The third-order valence-corrected chi connectivity index (χ3v) is 2.62. The highest BCUT2D eigenvalue weighted by atomic mass is 16.6. The van der Waals surface area contributed by atoms with Gasteiger partial charge in [0.25, 0.3) is 0 Å². The molecular weight excluding hydrogens is 234 g/mol. The molecule has 1 amide bonds. The van der Waals surface area contributed by atoms with Gasteiger partial charge in [-0.1, -0.05) is 18.2 Å². The van der Waals surface area contributed by atoms with Crippen LogP contribution >= 0.6 is 0 Å². The summed E-state index contributed by atoms with van der Waals surface area (Å²) in [5, 5.41) is 7.31. The predicted octanol–water partition coefficient (Wildman–Crippen LogP) is 0.822. The number of benzene rings is 1. The number of nitrogens with two attached hydrogens (primary N) is 1. The molecule has 1 unspecified atom stereocenters. The highest BCUT2D eigenvalue weighted by molar-refractivity contribution is 5.83. The van der Waals surface area contributed by atoms with Crippen LogP contribution in [-0.2, 0) is 4.74 Å². The molecule has 1 atom stereocenters. The van der Waals surface area contributed by atoms with Gasteiger partial charge < -0.3 is 20.1 Å². The Labute approximate surface area is 105 Å². The van der Waals surface area contributed by atoms with Gasteiger partial charge in [-0.2, -0.15) is 0 Å². The molecule has 1 saturated heterocycles. The molecule has 1 heterocycles. The molecule has 2 rings (SSSR count). The van der Waals surface area contributed by atoms with Crippen molar-refractivity contribution < 1.29 is 14.3 Å². The van der Waals surface area contributed by atoms with E-state index in [0.29, 0.717) is 18.9 Å². The summed E-state index contributed by atoms with van der Waals surface area (Å²) in [7, 11) is 0. The first-order valence-corrected chi connectivity index (χ1v) is 5.64. The summed E-state index contributed by atoms with van der Waals surface area (Å²) in [6, 6.07) is 8.85. The van der Waals surface area contributed by atoms with E-state index in [1.54, 1.807) is 24.3 Å². The first-order valence-electron chi connectivity index (χ1n) is 5.64. The summed E-state index contributed by atoms with van der Waals surface area (Å²) in [5.41, 5.74) is 5.36. The molecule has 96 valence electrons. The quantitative estimate of drug-likeness (QED) is 0.600. The number of amides is 1. The minimum absolute atomic E-state index is 0.0767. The van der Waals surface area contributed by atoms with Gasteiger partial charge in [-0.05, 0) is 12.1 Å². The third kappa shape index (κ3) is 2.98. The van der Waals surface area contributed by atoms with Crippen LogP contribution in [0, 0.1) is 5.41 Å². The molecular formula is C12H15N3O3. The zero-order valence-corrected chi connectivity index (χ0v) is 9.83. The van der Waals surface area contributed by atoms with E-state index in [-0.39, 0.29) is 12.4 Å². The molecule has 0 radical (unpaired) electrons. The molecule has 18 heavy (non-hydrogen) atoms. The van der Waals surface area contributed by atoms with Gasteiger partial charge in [0.1, 0.15) is 17.7 Å². The summed E-state index contributed by atoms with van der Waals surface area (Å²) in [4.78, 5) is 13.4. The Morgan fingerprint density at radius 1 is 1.44 bits per heavy atom. The van der Waals surface area contributed by atoms with Crippen LogP contribution in [0.1, 0.15) is 0 Å². The second-order valence-electron chi connectivity index (χ2n) is 3.94. The SMILES string of the molecule is N=C(N)C1CN(C(=O)Oc2ccccc2)CCO1. The summed E-state index contributed by atoms with van der Waals surface area (Å²) in [6.07, 6.45) is -0.988. The van der Waals surface area contributed by atoms with E-state index in [0.717, 1.165) is 0 Å². The van der Waals surface area contributed by atoms with E-state index in [9.17, 15) is 4.79 Å². The topological polar surface area (TPSA) is 88.6 Å². The van der Waals surface area contributed by atoms with Crippen molar-refractivity contribution in [2.45, 2.75) is 6.10 Å². The standard InChI is InChI=1S/C12H15N3O3/c13-11(14)10-8-15(6-7-17-10)12(16)18-9-4-2-1-3-5-9/h1-5,10H,6-8H2,(H3,13,14). The Morgan fingerprint density at radius 2 is 2.17 bits per heavy atom. The Kier molecular flexibility index (Phi) is 3.78. The second-order valence-corrected chi connectivity index (χ2v) is 3.94. The van der Waals surface area contributed by atoms with Crippen LogP contribution in [-0.4, -0.2) is 42.6 Å². The van der Waals surface area contributed by atoms with E-state index < -0.39 is 12.2 Å². The largest absolute Gasteiger partial charge is 0.415 e. The third-order valence-electron chi connectivity index (χ3n) is 2.62. The molecule has 0 spiro atoms. The molecule has 1 fully saturated rings. The minimum atomic E-state index is -0.540. The number of nitrogens with zero attached hydrogens (tertiary/aromatic N) is 1. The van der Waals surface area contributed by atoms with Crippen molar-refractivity contribution in [2.75, 3.05) is 19.7 Å². The summed E-state index contributed by atoms with van der Waals surface area (Å²) >= 11 is 0. The molecule has 6 nitrogen and oxygen atoms in total. The van der Waals surface area contributed by atoms with Crippen LogP contribution < -0.4 is 10.5 Å². The smallest absolute Gasteiger partial charge is 0.410 e. The lowest BCUT2D eigenvalue weighted by atomic mass is 10.2. The maximum Gasteiger partial charge on any atom is 0.415 e. The van der Waals surface area contributed by atoms with Gasteiger partial charge >= 0.3 is 6.09 Å². The first kappa shape index (κ1) is 12.4. The molecule has 0 aliphatic carbocycles. The number of carbonyl (C=O) groups is 1. The monoisotopic (exact) mass is 249 g/mol. The lowest BCUT2D eigenvalue weighted by molar-refractivity contribution is 0.0123. The van der Waals surface area contributed by atoms with Crippen molar-refractivity contribution in [3.8, 4) is 5.75 Å². The van der Waals surface area contributed by atoms with Gasteiger partial charge in [-0.25, -0.2) is 4.79 Å².